The molecule has 3 nitrogen and oxygen atoms in total. The van der Waals surface area contributed by atoms with Gasteiger partial charge in [0.05, 0.1) is 19.2 Å². The van der Waals surface area contributed by atoms with Gasteiger partial charge < -0.3 is 4.74 Å². The summed E-state index contributed by atoms with van der Waals surface area (Å²) in [6.45, 7) is 1.79. The van der Waals surface area contributed by atoms with E-state index in [1.54, 1.807) is 6.92 Å². The van der Waals surface area contributed by atoms with Crippen LogP contribution in [0.5, 0.6) is 0 Å². The average molecular weight is 223 g/mol. The number of aliphatic imine (C=N–C) groups is 1. The van der Waals surface area contributed by atoms with Crippen LogP contribution in [-0.4, -0.2) is 18.8 Å². The molecule has 0 N–H and O–H groups in total. The lowest BCUT2D eigenvalue weighted by molar-refractivity contribution is -0.139. The molecule has 0 unspecified atom stereocenters. The number of thiol groups is 1. The van der Waals surface area contributed by atoms with Gasteiger partial charge in [-0.2, -0.15) is 0 Å². The highest BCUT2D eigenvalue weighted by molar-refractivity contribution is 7.80. The Morgan fingerprint density at radius 3 is 2.73 bits per heavy atom. The summed E-state index contributed by atoms with van der Waals surface area (Å²) >= 11 is 4.26. The Morgan fingerprint density at radius 2 is 2.13 bits per heavy atom. The summed E-state index contributed by atoms with van der Waals surface area (Å²) in [4.78, 5) is 16.1. The van der Waals surface area contributed by atoms with Gasteiger partial charge >= 0.3 is 5.97 Å². The first-order valence-electron chi connectivity index (χ1n) is 4.52. The molecule has 0 aromatic heterocycles. The van der Waals surface area contributed by atoms with E-state index in [-0.39, 0.29) is 12.4 Å². The maximum absolute atomic E-state index is 11.0. The first kappa shape index (κ1) is 11.8. The molecule has 0 bridgehead atoms. The van der Waals surface area contributed by atoms with Crippen molar-refractivity contribution >= 4 is 30.0 Å². The molecular weight excluding hydrogens is 210 g/mol. The van der Waals surface area contributed by atoms with E-state index in [0.717, 1.165) is 10.6 Å². The van der Waals surface area contributed by atoms with Crippen LogP contribution >= 0.6 is 12.6 Å². The Balaban J connectivity index is 2.79. The molecule has 0 spiro atoms. The number of nitrogens with zero attached hydrogens (tertiary/aromatic N) is 1. The van der Waals surface area contributed by atoms with E-state index < -0.39 is 0 Å². The second-order valence-corrected chi connectivity index (χ2v) is 3.57. The third-order valence-electron chi connectivity index (χ3n) is 1.82. The van der Waals surface area contributed by atoms with E-state index in [1.165, 1.54) is 7.11 Å². The van der Waals surface area contributed by atoms with E-state index in [4.69, 9.17) is 0 Å². The quantitative estimate of drug-likeness (QED) is 0.486. The first-order chi connectivity index (χ1) is 7.13. The SMILES string of the molecule is COC(=O)CC(C)=Nc1ccccc1S. The number of methoxy groups -OCH3 is 1. The van der Waals surface area contributed by atoms with Gasteiger partial charge in [0.1, 0.15) is 0 Å². The van der Waals surface area contributed by atoms with Gasteiger partial charge in [-0.05, 0) is 19.1 Å². The lowest BCUT2D eigenvalue weighted by atomic mass is 10.3. The summed E-state index contributed by atoms with van der Waals surface area (Å²) in [5.41, 5.74) is 1.48. The van der Waals surface area contributed by atoms with Crippen LogP contribution in [0.3, 0.4) is 0 Å². The standard InChI is InChI=1S/C11H13NO2S/c1-8(7-11(13)14-2)12-9-5-3-4-6-10(9)15/h3-6,15H,7H2,1-2H3. The highest BCUT2D eigenvalue weighted by Crippen LogP contribution is 2.22. The molecule has 0 fully saturated rings. The normalized spacial score (nSPS) is 11.3. The van der Waals surface area contributed by atoms with E-state index >= 15 is 0 Å². The second kappa shape index (κ2) is 5.56. The molecule has 0 aliphatic carbocycles. The van der Waals surface area contributed by atoms with Crippen LogP contribution in [0.2, 0.25) is 0 Å². The molecule has 1 rings (SSSR count). The third-order valence-corrected chi connectivity index (χ3v) is 2.20. The predicted octanol–water partition coefficient (Wildman–Crippen LogP) is 2.63. The molecule has 15 heavy (non-hydrogen) atoms. The van der Waals surface area contributed by atoms with Gasteiger partial charge in [0.2, 0.25) is 0 Å². The van der Waals surface area contributed by atoms with Gasteiger partial charge in [0, 0.05) is 10.6 Å². The lowest BCUT2D eigenvalue weighted by Gasteiger charge is -2.01. The van der Waals surface area contributed by atoms with E-state index in [9.17, 15) is 4.79 Å². The average Bonchev–Trinajstić information content (AvgIpc) is 2.21. The fourth-order valence-corrected chi connectivity index (χ4v) is 1.30. The Hall–Kier alpha value is -1.29. The van der Waals surface area contributed by atoms with Crippen LogP contribution < -0.4 is 0 Å². The van der Waals surface area contributed by atoms with Gasteiger partial charge in [-0.1, -0.05) is 12.1 Å². The minimum absolute atomic E-state index is 0.207. The molecule has 0 atom stereocenters. The number of carbonyl (C=O) groups excluding carboxylic acids is 1. The maximum atomic E-state index is 11.0. The van der Waals surface area contributed by atoms with E-state index in [1.807, 2.05) is 24.3 Å². The Kier molecular flexibility index (Phi) is 4.37. The van der Waals surface area contributed by atoms with Crippen molar-refractivity contribution in [2.24, 2.45) is 4.99 Å². The smallest absolute Gasteiger partial charge is 0.311 e. The number of carbonyl (C=O) groups is 1. The van der Waals surface area contributed by atoms with Gasteiger partial charge in [0.25, 0.3) is 0 Å². The van der Waals surface area contributed by atoms with Crippen LogP contribution in [-0.2, 0) is 9.53 Å². The molecule has 0 aliphatic heterocycles. The van der Waals surface area contributed by atoms with E-state index in [0.29, 0.717) is 5.71 Å². The summed E-state index contributed by atoms with van der Waals surface area (Å²) < 4.78 is 4.55. The van der Waals surface area contributed by atoms with Crippen LogP contribution in [0, 0.1) is 0 Å². The number of benzene rings is 1. The molecule has 1 aromatic carbocycles. The number of hydrogen-bond acceptors (Lipinski definition) is 4. The molecule has 0 aliphatic rings. The highest BCUT2D eigenvalue weighted by Gasteiger charge is 2.03. The van der Waals surface area contributed by atoms with Crippen molar-refractivity contribution in [1.29, 1.82) is 0 Å². The molecule has 1 aromatic rings. The summed E-state index contributed by atoms with van der Waals surface area (Å²) in [6.07, 6.45) is 0.207. The molecule has 0 radical (unpaired) electrons. The van der Waals surface area contributed by atoms with Gasteiger partial charge in [-0.25, -0.2) is 0 Å². The van der Waals surface area contributed by atoms with Crippen LogP contribution in [0.15, 0.2) is 34.2 Å². The van der Waals surface area contributed by atoms with Gasteiger partial charge in [0.15, 0.2) is 0 Å². The zero-order chi connectivity index (χ0) is 11.3. The van der Waals surface area contributed by atoms with Crippen molar-refractivity contribution in [3.8, 4) is 0 Å². The van der Waals surface area contributed by atoms with E-state index in [2.05, 4.69) is 22.4 Å². The highest BCUT2D eigenvalue weighted by atomic mass is 32.1. The van der Waals surface area contributed by atoms with Crippen molar-refractivity contribution < 1.29 is 9.53 Å². The fourth-order valence-electron chi connectivity index (χ4n) is 1.08. The third kappa shape index (κ3) is 3.75. The van der Waals surface area contributed by atoms with Crippen LogP contribution in [0.1, 0.15) is 13.3 Å². The first-order valence-corrected chi connectivity index (χ1v) is 4.97. The zero-order valence-electron chi connectivity index (χ0n) is 8.73. The lowest BCUT2D eigenvalue weighted by Crippen LogP contribution is -2.05. The summed E-state index contributed by atoms with van der Waals surface area (Å²) in [5.74, 6) is -0.284. The molecule has 0 heterocycles. The molecular formula is C11H13NO2S. The van der Waals surface area contributed by atoms with Crippen LogP contribution in [0.4, 0.5) is 5.69 Å². The molecule has 4 heteroatoms. The van der Waals surface area contributed by atoms with Gasteiger partial charge in [-0.3, -0.25) is 9.79 Å². The van der Waals surface area contributed by atoms with Crippen LogP contribution in [0.25, 0.3) is 0 Å². The monoisotopic (exact) mass is 223 g/mol. The molecule has 0 saturated heterocycles. The molecule has 0 saturated carbocycles. The minimum Gasteiger partial charge on any atom is -0.469 e. The van der Waals surface area contributed by atoms with Crippen molar-refractivity contribution in [3.05, 3.63) is 24.3 Å². The Morgan fingerprint density at radius 1 is 1.47 bits per heavy atom. The molecule has 0 amide bonds. The summed E-state index contributed by atoms with van der Waals surface area (Å²) in [6, 6.07) is 7.47. The summed E-state index contributed by atoms with van der Waals surface area (Å²) in [7, 11) is 1.36. The maximum Gasteiger partial charge on any atom is 0.311 e. The topological polar surface area (TPSA) is 38.7 Å². The summed E-state index contributed by atoms with van der Waals surface area (Å²) in [5, 5.41) is 0. The zero-order valence-corrected chi connectivity index (χ0v) is 9.62. The number of rotatable bonds is 3. The number of esters is 1. The van der Waals surface area contributed by atoms with Crippen molar-refractivity contribution in [1.82, 2.24) is 0 Å². The Labute approximate surface area is 94.6 Å². The number of para-hydroxylation sites is 1. The fraction of sp³-hybridized carbons (Fsp3) is 0.273. The Bertz CT molecular complexity index is 388. The number of ether oxygens (including phenoxy) is 1. The molecule has 80 valence electrons. The minimum atomic E-state index is -0.284. The van der Waals surface area contributed by atoms with Gasteiger partial charge in [-0.15, -0.1) is 12.6 Å². The van der Waals surface area contributed by atoms with Crippen molar-refractivity contribution in [3.63, 3.8) is 0 Å². The number of hydrogen-bond donors (Lipinski definition) is 1. The van der Waals surface area contributed by atoms with Crippen molar-refractivity contribution in [2.45, 2.75) is 18.2 Å². The largest absolute Gasteiger partial charge is 0.469 e. The van der Waals surface area contributed by atoms with Crippen molar-refractivity contribution in [2.75, 3.05) is 7.11 Å². The second-order valence-electron chi connectivity index (χ2n) is 3.09. The predicted molar refractivity (Wildman–Crippen MR) is 63.1 cm³/mol.